The fourth-order valence-corrected chi connectivity index (χ4v) is 1.50. The third kappa shape index (κ3) is 2.66. The van der Waals surface area contributed by atoms with Gasteiger partial charge in [-0.2, -0.15) is 4.98 Å². The van der Waals surface area contributed by atoms with Crippen LogP contribution in [-0.2, 0) is 19.5 Å². The fourth-order valence-electron chi connectivity index (χ4n) is 1.50. The number of imidazole rings is 1. The first-order chi connectivity index (χ1) is 7.90. The summed E-state index contributed by atoms with van der Waals surface area (Å²) < 4.78 is 6.76. The summed E-state index contributed by atoms with van der Waals surface area (Å²) in [6.07, 6.45) is 5.92. The van der Waals surface area contributed by atoms with Crippen LogP contribution in [0.1, 0.15) is 18.6 Å². The van der Waals surface area contributed by atoms with E-state index < -0.39 is 0 Å². The van der Waals surface area contributed by atoms with Gasteiger partial charge in [-0.15, -0.1) is 0 Å². The van der Waals surface area contributed by atoms with Crippen molar-refractivity contribution < 1.29 is 4.52 Å². The van der Waals surface area contributed by atoms with Gasteiger partial charge < -0.3 is 14.4 Å². The van der Waals surface area contributed by atoms with Crippen molar-refractivity contribution in [2.75, 3.05) is 6.54 Å². The molecule has 6 heteroatoms. The van der Waals surface area contributed by atoms with Crippen molar-refractivity contribution in [3.05, 3.63) is 30.4 Å². The zero-order valence-corrected chi connectivity index (χ0v) is 9.26. The molecule has 0 aromatic carbocycles. The zero-order chi connectivity index (χ0) is 11.2. The van der Waals surface area contributed by atoms with Gasteiger partial charge in [0.15, 0.2) is 5.82 Å². The number of nitrogens with one attached hydrogen (secondary N) is 1. The number of aromatic nitrogens is 4. The monoisotopic (exact) mass is 221 g/mol. The van der Waals surface area contributed by atoms with Crippen molar-refractivity contribution >= 4 is 0 Å². The standard InChI is InChI=1S/C10H15N5O/c1-2-15-6-5-12-10(15)7-11-4-3-9-13-8-16-14-9/h5-6,8,11H,2-4,7H2,1H3. The van der Waals surface area contributed by atoms with Gasteiger partial charge in [-0.1, -0.05) is 5.16 Å². The van der Waals surface area contributed by atoms with Crippen molar-refractivity contribution in [3.63, 3.8) is 0 Å². The Labute approximate surface area is 93.7 Å². The maximum atomic E-state index is 4.65. The fraction of sp³-hybridized carbons (Fsp3) is 0.500. The summed E-state index contributed by atoms with van der Waals surface area (Å²) in [7, 11) is 0. The molecule has 0 atom stereocenters. The molecular formula is C10H15N5O. The van der Waals surface area contributed by atoms with Crippen LogP contribution in [0.5, 0.6) is 0 Å². The van der Waals surface area contributed by atoms with Gasteiger partial charge in [-0.3, -0.25) is 0 Å². The quantitative estimate of drug-likeness (QED) is 0.724. The second-order valence-corrected chi connectivity index (χ2v) is 3.40. The topological polar surface area (TPSA) is 68.8 Å². The second-order valence-electron chi connectivity index (χ2n) is 3.40. The Kier molecular flexibility index (Phi) is 3.66. The lowest BCUT2D eigenvalue weighted by molar-refractivity contribution is 0.409. The molecule has 0 bridgehead atoms. The molecule has 0 radical (unpaired) electrons. The highest BCUT2D eigenvalue weighted by atomic mass is 16.5. The first-order valence-corrected chi connectivity index (χ1v) is 5.36. The molecule has 2 heterocycles. The number of nitrogens with zero attached hydrogens (tertiary/aromatic N) is 4. The first-order valence-electron chi connectivity index (χ1n) is 5.36. The molecule has 2 aromatic heterocycles. The molecule has 0 amide bonds. The van der Waals surface area contributed by atoms with Crippen LogP contribution in [0.2, 0.25) is 0 Å². The number of hydrogen-bond acceptors (Lipinski definition) is 5. The van der Waals surface area contributed by atoms with Crippen LogP contribution >= 0.6 is 0 Å². The molecule has 0 saturated heterocycles. The summed E-state index contributed by atoms with van der Waals surface area (Å²) in [5.41, 5.74) is 0. The van der Waals surface area contributed by atoms with Crippen molar-refractivity contribution in [1.82, 2.24) is 25.0 Å². The lowest BCUT2D eigenvalue weighted by Crippen LogP contribution is -2.19. The third-order valence-electron chi connectivity index (χ3n) is 2.36. The van der Waals surface area contributed by atoms with E-state index in [4.69, 9.17) is 0 Å². The third-order valence-corrected chi connectivity index (χ3v) is 2.36. The Hall–Kier alpha value is -1.69. The largest absolute Gasteiger partial charge is 0.343 e. The lowest BCUT2D eigenvalue weighted by atomic mass is 10.4. The highest BCUT2D eigenvalue weighted by Crippen LogP contribution is 1.96. The Morgan fingerprint density at radius 1 is 1.44 bits per heavy atom. The maximum Gasteiger partial charge on any atom is 0.213 e. The zero-order valence-electron chi connectivity index (χ0n) is 9.26. The molecule has 2 rings (SSSR count). The Morgan fingerprint density at radius 3 is 3.12 bits per heavy atom. The Morgan fingerprint density at radius 2 is 2.38 bits per heavy atom. The normalized spacial score (nSPS) is 10.8. The molecule has 1 N–H and O–H groups in total. The van der Waals surface area contributed by atoms with Crippen LogP contribution in [0.15, 0.2) is 23.3 Å². The van der Waals surface area contributed by atoms with E-state index in [9.17, 15) is 0 Å². The van der Waals surface area contributed by atoms with Crippen LogP contribution < -0.4 is 5.32 Å². The van der Waals surface area contributed by atoms with Crippen LogP contribution in [0, 0.1) is 0 Å². The van der Waals surface area contributed by atoms with Crippen LogP contribution in [0.25, 0.3) is 0 Å². The molecular weight excluding hydrogens is 206 g/mol. The minimum absolute atomic E-state index is 0.728. The van der Waals surface area contributed by atoms with Gasteiger partial charge in [0, 0.05) is 31.9 Å². The van der Waals surface area contributed by atoms with Crippen LogP contribution in [0.3, 0.4) is 0 Å². The smallest absolute Gasteiger partial charge is 0.213 e. The molecule has 16 heavy (non-hydrogen) atoms. The van der Waals surface area contributed by atoms with Gasteiger partial charge >= 0.3 is 0 Å². The summed E-state index contributed by atoms with van der Waals surface area (Å²) in [6.45, 7) is 4.63. The number of rotatable bonds is 6. The predicted molar refractivity (Wildman–Crippen MR) is 57.6 cm³/mol. The van der Waals surface area contributed by atoms with Crippen LogP contribution in [-0.4, -0.2) is 26.2 Å². The average Bonchev–Trinajstić information content (AvgIpc) is 2.95. The maximum absolute atomic E-state index is 4.65. The molecule has 0 spiro atoms. The Bertz CT molecular complexity index is 409. The van der Waals surface area contributed by atoms with E-state index in [0.717, 1.165) is 37.7 Å². The number of hydrogen-bond donors (Lipinski definition) is 1. The van der Waals surface area contributed by atoms with Crippen molar-refractivity contribution in [2.45, 2.75) is 26.4 Å². The molecule has 0 aliphatic heterocycles. The molecule has 0 aliphatic rings. The number of aryl methyl sites for hydroxylation is 1. The predicted octanol–water partition coefficient (Wildman–Crippen LogP) is 0.618. The van der Waals surface area contributed by atoms with Gasteiger partial charge in [0.05, 0.1) is 6.54 Å². The van der Waals surface area contributed by atoms with E-state index in [-0.39, 0.29) is 0 Å². The SMILES string of the molecule is CCn1ccnc1CNCCc1ncon1. The van der Waals surface area contributed by atoms with E-state index in [1.54, 1.807) is 0 Å². The van der Waals surface area contributed by atoms with Crippen LogP contribution in [0.4, 0.5) is 0 Å². The van der Waals surface area contributed by atoms with Gasteiger partial charge in [-0.25, -0.2) is 4.98 Å². The van der Waals surface area contributed by atoms with Gasteiger partial charge in [0.25, 0.3) is 0 Å². The van der Waals surface area contributed by atoms with Crippen molar-refractivity contribution in [1.29, 1.82) is 0 Å². The van der Waals surface area contributed by atoms with Crippen molar-refractivity contribution in [3.8, 4) is 0 Å². The molecule has 0 unspecified atom stereocenters. The summed E-state index contributed by atoms with van der Waals surface area (Å²) >= 11 is 0. The highest BCUT2D eigenvalue weighted by molar-refractivity contribution is 4.91. The molecule has 0 saturated carbocycles. The summed E-state index contributed by atoms with van der Waals surface area (Å²) in [5.74, 6) is 1.78. The van der Waals surface area contributed by atoms with E-state index in [0.29, 0.717) is 0 Å². The van der Waals surface area contributed by atoms with E-state index in [2.05, 4.69) is 36.5 Å². The Balaban J connectivity index is 1.72. The molecule has 86 valence electrons. The summed E-state index contributed by atoms with van der Waals surface area (Å²) in [6, 6.07) is 0. The molecule has 6 nitrogen and oxygen atoms in total. The van der Waals surface area contributed by atoms with E-state index >= 15 is 0 Å². The molecule has 2 aromatic rings. The average molecular weight is 221 g/mol. The minimum Gasteiger partial charge on any atom is -0.343 e. The van der Waals surface area contributed by atoms with Crippen molar-refractivity contribution in [2.24, 2.45) is 0 Å². The van der Waals surface area contributed by atoms with E-state index in [1.807, 2.05) is 12.4 Å². The van der Waals surface area contributed by atoms with Gasteiger partial charge in [-0.05, 0) is 6.92 Å². The summed E-state index contributed by atoms with van der Waals surface area (Å²) in [5, 5.41) is 7.03. The van der Waals surface area contributed by atoms with Gasteiger partial charge in [0.2, 0.25) is 6.39 Å². The molecule has 0 aliphatic carbocycles. The second kappa shape index (κ2) is 5.41. The van der Waals surface area contributed by atoms with Gasteiger partial charge in [0.1, 0.15) is 5.82 Å². The summed E-state index contributed by atoms with van der Waals surface area (Å²) in [4.78, 5) is 8.22. The highest BCUT2D eigenvalue weighted by Gasteiger charge is 2.01. The molecule has 0 fully saturated rings. The minimum atomic E-state index is 0.728. The first kappa shape index (κ1) is 10.8. The van der Waals surface area contributed by atoms with E-state index in [1.165, 1.54) is 6.39 Å². The lowest BCUT2D eigenvalue weighted by Gasteiger charge is -2.05.